The van der Waals surface area contributed by atoms with Crippen LogP contribution in [0.5, 0.6) is 0 Å². The van der Waals surface area contributed by atoms with E-state index in [-0.39, 0.29) is 17.1 Å². The van der Waals surface area contributed by atoms with Crippen LogP contribution in [-0.4, -0.2) is 17.1 Å². The van der Waals surface area contributed by atoms with Gasteiger partial charge in [0.2, 0.25) is 11.8 Å². The van der Waals surface area contributed by atoms with Crippen molar-refractivity contribution in [1.82, 2.24) is 0 Å². The lowest BCUT2D eigenvalue weighted by Gasteiger charge is -2.17. The van der Waals surface area contributed by atoms with E-state index in [4.69, 9.17) is 0 Å². The van der Waals surface area contributed by atoms with Gasteiger partial charge in [0, 0.05) is 17.8 Å². The Kier molecular flexibility index (Phi) is 3.24. The van der Waals surface area contributed by atoms with Crippen LogP contribution in [0.3, 0.4) is 0 Å². The molecule has 0 aliphatic carbocycles. The van der Waals surface area contributed by atoms with Crippen molar-refractivity contribution in [3.8, 4) is 0 Å². The lowest BCUT2D eigenvalue weighted by Crippen LogP contribution is -2.19. The minimum absolute atomic E-state index is 0.0461. The number of anilines is 2. The maximum absolute atomic E-state index is 11.2. The summed E-state index contributed by atoms with van der Waals surface area (Å²) < 4.78 is 0. The molecule has 16 heavy (non-hydrogen) atoms. The summed E-state index contributed by atoms with van der Waals surface area (Å²) in [7, 11) is 0. The molecule has 0 bridgehead atoms. The van der Waals surface area contributed by atoms with Crippen LogP contribution in [0.4, 0.5) is 11.4 Å². The van der Waals surface area contributed by atoms with E-state index in [1.165, 1.54) is 0 Å². The van der Waals surface area contributed by atoms with Crippen LogP contribution in [0.25, 0.3) is 0 Å². The van der Waals surface area contributed by atoms with Gasteiger partial charge in [-0.05, 0) is 30.2 Å². The van der Waals surface area contributed by atoms with E-state index in [2.05, 4.69) is 26.6 Å². The van der Waals surface area contributed by atoms with Crippen molar-refractivity contribution >= 4 is 39.1 Å². The first-order valence-corrected chi connectivity index (χ1v) is 6.10. The number of halogens is 1. The van der Waals surface area contributed by atoms with Crippen LogP contribution in [0.1, 0.15) is 12.0 Å². The second-order valence-corrected chi connectivity index (χ2v) is 4.16. The van der Waals surface area contributed by atoms with Crippen molar-refractivity contribution in [2.75, 3.05) is 16.0 Å². The molecule has 1 aromatic carbocycles. The maximum atomic E-state index is 11.2. The fraction of sp³-hybridized carbons (Fsp3) is 0.273. The first-order chi connectivity index (χ1) is 7.69. The molecule has 1 aliphatic heterocycles. The highest BCUT2D eigenvalue weighted by atomic mass is 79.9. The Morgan fingerprint density at radius 2 is 2.25 bits per heavy atom. The summed E-state index contributed by atoms with van der Waals surface area (Å²) in [6.07, 6.45) is 1.22. The number of carbonyl (C=O) groups is 2. The Balaban J connectivity index is 2.19. The number of hydrogen-bond acceptors (Lipinski definition) is 2. The molecule has 0 unspecified atom stereocenters. The molecule has 84 valence electrons. The molecule has 4 nitrogen and oxygen atoms in total. The van der Waals surface area contributed by atoms with Crippen molar-refractivity contribution in [2.45, 2.75) is 12.8 Å². The molecule has 0 radical (unpaired) electrons. The third-order valence-corrected chi connectivity index (χ3v) is 2.92. The third kappa shape index (κ3) is 2.41. The molecule has 0 saturated heterocycles. The number of fused-ring (bicyclic) bond motifs is 1. The first kappa shape index (κ1) is 11.1. The molecule has 0 fully saturated rings. The first-order valence-electron chi connectivity index (χ1n) is 4.97. The van der Waals surface area contributed by atoms with Gasteiger partial charge in [0.15, 0.2) is 0 Å². The largest absolute Gasteiger partial charge is 0.326 e. The standard InChI is InChI=1S/C11H11BrN2O2/c12-6-11(16)13-8-2-3-9-7(5-8)1-4-10(15)14-9/h2-3,5H,1,4,6H2,(H,13,16)(H,14,15). The van der Waals surface area contributed by atoms with E-state index >= 15 is 0 Å². The molecule has 1 aromatic rings. The Hall–Kier alpha value is -1.36. The van der Waals surface area contributed by atoms with Crippen LogP contribution in [-0.2, 0) is 16.0 Å². The molecule has 2 rings (SSSR count). The SMILES string of the molecule is O=C(CBr)Nc1ccc2c(c1)CCC(=O)N2. The second kappa shape index (κ2) is 4.65. The van der Waals surface area contributed by atoms with Gasteiger partial charge >= 0.3 is 0 Å². The third-order valence-electron chi connectivity index (χ3n) is 2.41. The average molecular weight is 283 g/mol. The van der Waals surface area contributed by atoms with Crippen molar-refractivity contribution in [3.05, 3.63) is 23.8 Å². The van der Waals surface area contributed by atoms with Gasteiger partial charge < -0.3 is 10.6 Å². The van der Waals surface area contributed by atoms with Gasteiger partial charge in [0.05, 0.1) is 5.33 Å². The van der Waals surface area contributed by atoms with Gasteiger partial charge in [-0.15, -0.1) is 0 Å². The van der Waals surface area contributed by atoms with E-state index in [1.54, 1.807) is 6.07 Å². The quantitative estimate of drug-likeness (QED) is 0.814. The number of alkyl halides is 1. The zero-order valence-corrected chi connectivity index (χ0v) is 10.1. The summed E-state index contributed by atoms with van der Waals surface area (Å²) in [5, 5.41) is 5.83. The van der Waals surface area contributed by atoms with Gasteiger partial charge in [0.1, 0.15) is 0 Å². The van der Waals surface area contributed by atoms with Crippen LogP contribution in [0.15, 0.2) is 18.2 Å². The monoisotopic (exact) mass is 282 g/mol. The van der Waals surface area contributed by atoms with E-state index in [9.17, 15) is 9.59 Å². The van der Waals surface area contributed by atoms with Gasteiger partial charge in [-0.25, -0.2) is 0 Å². The summed E-state index contributed by atoms with van der Waals surface area (Å²) in [5.74, 6) is -0.0375. The molecule has 0 aromatic heterocycles. The molecule has 5 heteroatoms. The summed E-state index contributed by atoms with van der Waals surface area (Å²) in [6, 6.07) is 5.50. The Labute approximate surface area is 102 Å². The minimum atomic E-state index is -0.0835. The van der Waals surface area contributed by atoms with Gasteiger partial charge in [-0.2, -0.15) is 0 Å². The summed E-state index contributed by atoms with van der Waals surface area (Å²) in [6.45, 7) is 0. The number of carbonyl (C=O) groups excluding carboxylic acids is 2. The van der Waals surface area contributed by atoms with Gasteiger partial charge in [-0.1, -0.05) is 15.9 Å². The highest BCUT2D eigenvalue weighted by molar-refractivity contribution is 9.09. The smallest absolute Gasteiger partial charge is 0.235 e. The van der Waals surface area contributed by atoms with Crippen LogP contribution in [0, 0.1) is 0 Å². The Morgan fingerprint density at radius 1 is 1.44 bits per heavy atom. The Morgan fingerprint density at radius 3 is 3.00 bits per heavy atom. The maximum Gasteiger partial charge on any atom is 0.235 e. The normalized spacial score (nSPS) is 13.9. The van der Waals surface area contributed by atoms with Crippen molar-refractivity contribution in [3.63, 3.8) is 0 Å². The highest BCUT2D eigenvalue weighted by Gasteiger charge is 2.14. The number of amides is 2. The lowest BCUT2D eigenvalue weighted by atomic mass is 10.0. The number of rotatable bonds is 2. The van der Waals surface area contributed by atoms with Crippen LogP contribution in [0.2, 0.25) is 0 Å². The number of nitrogens with one attached hydrogen (secondary N) is 2. The zero-order chi connectivity index (χ0) is 11.5. The predicted octanol–water partition coefficient (Wildman–Crippen LogP) is 1.90. The topological polar surface area (TPSA) is 58.2 Å². The van der Waals surface area contributed by atoms with Crippen molar-refractivity contribution < 1.29 is 9.59 Å². The molecular weight excluding hydrogens is 272 g/mol. The molecule has 0 saturated carbocycles. The summed E-state index contributed by atoms with van der Waals surface area (Å²) >= 11 is 3.09. The van der Waals surface area contributed by atoms with Crippen LogP contribution >= 0.6 is 15.9 Å². The molecular formula is C11H11BrN2O2. The average Bonchev–Trinajstić information content (AvgIpc) is 2.29. The lowest BCUT2D eigenvalue weighted by molar-refractivity contribution is -0.116. The molecule has 0 atom stereocenters. The fourth-order valence-electron chi connectivity index (χ4n) is 1.66. The fourth-order valence-corrected chi connectivity index (χ4v) is 1.80. The van der Waals surface area contributed by atoms with E-state index in [0.717, 1.165) is 23.4 Å². The van der Waals surface area contributed by atoms with E-state index in [0.29, 0.717) is 6.42 Å². The van der Waals surface area contributed by atoms with E-state index in [1.807, 2.05) is 12.1 Å². The van der Waals surface area contributed by atoms with Crippen molar-refractivity contribution in [1.29, 1.82) is 0 Å². The Bertz CT molecular complexity index is 446. The molecule has 1 heterocycles. The predicted molar refractivity (Wildman–Crippen MR) is 65.8 cm³/mol. The second-order valence-electron chi connectivity index (χ2n) is 3.60. The highest BCUT2D eigenvalue weighted by Crippen LogP contribution is 2.25. The summed E-state index contributed by atoms with van der Waals surface area (Å²) in [4.78, 5) is 22.3. The molecule has 1 aliphatic rings. The van der Waals surface area contributed by atoms with Gasteiger partial charge in [0.25, 0.3) is 0 Å². The number of benzene rings is 1. The summed E-state index contributed by atoms with van der Waals surface area (Å²) in [5.41, 5.74) is 2.67. The number of hydrogen-bond donors (Lipinski definition) is 2. The van der Waals surface area contributed by atoms with E-state index < -0.39 is 0 Å². The zero-order valence-electron chi connectivity index (χ0n) is 8.55. The molecule has 0 spiro atoms. The molecule has 2 N–H and O–H groups in total. The van der Waals surface area contributed by atoms with Crippen LogP contribution < -0.4 is 10.6 Å². The van der Waals surface area contributed by atoms with Gasteiger partial charge in [-0.3, -0.25) is 9.59 Å². The number of aryl methyl sites for hydroxylation is 1. The molecule has 2 amide bonds. The minimum Gasteiger partial charge on any atom is -0.326 e. The van der Waals surface area contributed by atoms with Crippen molar-refractivity contribution in [2.24, 2.45) is 0 Å².